The minimum absolute atomic E-state index is 0.222. The van der Waals surface area contributed by atoms with Gasteiger partial charge in [0.25, 0.3) is 0 Å². The number of aromatic nitrogens is 1. The molecule has 17 heavy (non-hydrogen) atoms. The molecule has 0 aromatic carbocycles. The number of carbonyl (C=O) groups excluding carboxylic acids is 1. The van der Waals surface area contributed by atoms with E-state index in [0.717, 1.165) is 31.4 Å². The SMILES string of the molecule is O=C(NCCc1cscn1)NCC1(O)CCC1. The summed E-state index contributed by atoms with van der Waals surface area (Å²) in [5.41, 5.74) is 2.11. The smallest absolute Gasteiger partial charge is 0.314 e. The van der Waals surface area contributed by atoms with Crippen molar-refractivity contribution in [2.75, 3.05) is 13.1 Å². The van der Waals surface area contributed by atoms with Crippen LogP contribution in [0.4, 0.5) is 4.79 Å². The maximum atomic E-state index is 11.4. The zero-order chi connectivity index (χ0) is 12.1. The highest BCUT2D eigenvalue weighted by molar-refractivity contribution is 7.07. The number of hydrogen-bond acceptors (Lipinski definition) is 4. The van der Waals surface area contributed by atoms with Crippen LogP contribution < -0.4 is 10.6 Å². The van der Waals surface area contributed by atoms with Gasteiger partial charge in [-0.1, -0.05) is 0 Å². The molecule has 2 rings (SSSR count). The zero-order valence-corrected chi connectivity index (χ0v) is 10.4. The zero-order valence-electron chi connectivity index (χ0n) is 9.61. The van der Waals surface area contributed by atoms with E-state index in [1.165, 1.54) is 0 Å². The molecule has 1 heterocycles. The number of rotatable bonds is 5. The first-order chi connectivity index (χ1) is 8.18. The highest BCUT2D eigenvalue weighted by Gasteiger charge is 2.34. The fourth-order valence-corrected chi connectivity index (χ4v) is 2.33. The Morgan fingerprint density at radius 2 is 2.35 bits per heavy atom. The van der Waals surface area contributed by atoms with Crippen LogP contribution in [0.1, 0.15) is 25.0 Å². The first kappa shape index (κ1) is 12.3. The van der Waals surface area contributed by atoms with Crippen molar-refractivity contribution in [3.05, 3.63) is 16.6 Å². The van der Waals surface area contributed by atoms with Crippen LogP contribution in [0.3, 0.4) is 0 Å². The molecule has 6 heteroatoms. The van der Waals surface area contributed by atoms with E-state index in [1.54, 1.807) is 16.8 Å². The van der Waals surface area contributed by atoms with Crippen molar-refractivity contribution in [1.29, 1.82) is 0 Å². The molecule has 0 aliphatic heterocycles. The summed E-state index contributed by atoms with van der Waals surface area (Å²) in [6, 6.07) is -0.222. The van der Waals surface area contributed by atoms with Crippen molar-refractivity contribution in [2.24, 2.45) is 0 Å². The molecule has 94 valence electrons. The van der Waals surface area contributed by atoms with Gasteiger partial charge in [-0.05, 0) is 19.3 Å². The minimum Gasteiger partial charge on any atom is -0.388 e. The maximum Gasteiger partial charge on any atom is 0.314 e. The van der Waals surface area contributed by atoms with Crippen LogP contribution in [-0.2, 0) is 6.42 Å². The number of hydrogen-bond donors (Lipinski definition) is 3. The summed E-state index contributed by atoms with van der Waals surface area (Å²) in [6.45, 7) is 0.906. The van der Waals surface area contributed by atoms with Gasteiger partial charge in [0.1, 0.15) is 0 Å². The van der Waals surface area contributed by atoms with E-state index in [1.807, 2.05) is 5.38 Å². The first-order valence-electron chi connectivity index (χ1n) is 5.79. The molecule has 3 N–H and O–H groups in total. The molecule has 1 aliphatic rings. The van der Waals surface area contributed by atoms with Crippen LogP contribution in [0.15, 0.2) is 10.9 Å². The van der Waals surface area contributed by atoms with Gasteiger partial charge in [0.15, 0.2) is 0 Å². The minimum atomic E-state index is -0.660. The van der Waals surface area contributed by atoms with E-state index in [-0.39, 0.29) is 6.03 Å². The summed E-state index contributed by atoms with van der Waals surface area (Å²) < 4.78 is 0. The molecular formula is C11H17N3O2S. The average Bonchev–Trinajstić information content (AvgIpc) is 2.77. The van der Waals surface area contributed by atoms with Crippen molar-refractivity contribution in [3.8, 4) is 0 Å². The van der Waals surface area contributed by atoms with E-state index in [4.69, 9.17) is 0 Å². The second-order valence-corrected chi connectivity index (χ2v) is 5.14. The molecule has 5 nitrogen and oxygen atoms in total. The third-order valence-corrected chi connectivity index (χ3v) is 3.65. The highest BCUT2D eigenvalue weighted by Crippen LogP contribution is 2.30. The van der Waals surface area contributed by atoms with E-state index >= 15 is 0 Å². The Hall–Kier alpha value is -1.14. The van der Waals surface area contributed by atoms with Crippen LogP contribution in [0.5, 0.6) is 0 Å². The predicted molar refractivity (Wildman–Crippen MR) is 66.0 cm³/mol. The van der Waals surface area contributed by atoms with E-state index in [9.17, 15) is 9.90 Å². The van der Waals surface area contributed by atoms with Crippen molar-refractivity contribution < 1.29 is 9.90 Å². The first-order valence-corrected chi connectivity index (χ1v) is 6.73. The van der Waals surface area contributed by atoms with Gasteiger partial charge in [-0.15, -0.1) is 11.3 Å². The van der Waals surface area contributed by atoms with Gasteiger partial charge >= 0.3 is 6.03 Å². The Morgan fingerprint density at radius 1 is 1.53 bits per heavy atom. The molecule has 1 aromatic heterocycles. The van der Waals surface area contributed by atoms with Crippen LogP contribution in [0, 0.1) is 0 Å². The van der Waals surface area contributed by atoms with Gasteiger partial charge in [0, 0.05) is 24.9 Å². The number of carbonyl (C=O) groups is 1. The summed E-state index contributed by atoms with van der Waals surface area (Å²) in [6.07, 6.45) is 3.35. The van der Waals surface area contributed by atoms with E-state index < -0.39 is 5.60 Å². The average molecular weight is 255 g/mol. The normalized spacial score (nSPS) is 17.2. The standard InChI is InChI=1S/C11H17N3O2S/c15-10(13-7-11(16)3-1-4-11)12-5-2-9-6-17-8-14-9/h6,8,16H,1-5,7H2,(H2,12,13,15). The number of urea groups is 1. The Labute approximate surface area is 104 Å². The molecule has 0 unspecified atom stereocenters. The number of nitrogens with zero attached hydrogens (tertiary/aromatic N) is 1. The highest BCUT2D eigenvalue weighted by atomic mass is 32.1. The molecule has 1 saturated carbocycles. The molecule has 1 aromatic rings. The topological polar surface area (TPSA) is 74.2 Å². The fraction of sp³-hybridized carbons (Fsp3) is 0.636. The van der Waals surface area contributed by atoms with E-state index in [0.29, 0.717) is 13.1 Å². The summed E-state index contributed by atoms with van der Waals surface area (Å²) in [4.78, 5) is 15.5. The number of thiazole rings is 1. The molecular weight excluding hydrogens is 238 g/mol. The van der Waals surface area contributed by atoms with Gasteiger partial charge in [-0.2, -0.15) is 0 Å². The van der Waals surface area contributed by atoms with Crippen molar-refractivity contribution >= 4 is 17.4 Å². The third-order valence-electron chi connectivity index (χ3n) is 3.01. The molecule has 0 radical (unpaired) electrons. The fourth-order valence-electron chi connectivity index (χ4n) is 1.73. The number of aliphatic hydroxyl groups is 1. The van der Waals surface area contributed by atoms with Gasteiger partial charge < -0.3 is 15.7 Å². The molecule has 1 fully saturated rings. The second-order valence-electron chi connectivity index (χ2n) is 4.42. The van der Waals surface area contributed by atoms with Gasteiger partial charge in [0.05, 0.1) is 16.8 Å². The maximum absolute atomic E-state index is 11.4. The number of amides is 2. The van der Waals surface area contributed by atoms with Crippen LogP contribution in [-0.4, -0.2) is 34.8 Å². The van der Waals surface area contributed by atoms with Gasteiger partial charge in [0.2, 0.25) is 0 Å². The summed E-state index contributed by atoms with van der Waals surface area (Å²) >= 11 is 1.55. The third kappa shape index (κ3) is 3.67. The summed E-state index contributed by atoms with van der Waals surface area (Å²) in [7, 11) is 0. The molecule has 1 aliphatic carbocycles. The van der Waals surface area contributed by atoms with Gasteiger partial charge in [-0.3, -0.25) is 0 Å². The molecule has 0 atom stereocenters. The van der Waals surface area contributed by atoms with Crippen LogP contribution in [0.2, 0.25) is 0 Å². The molecule has 0 saturated heterocycles. The molecule has 2 amide bonds. The lowest BCUT2D eigenvalue weighted by Crippen LogP contribution is -2.50. The second kappa shape index (κ2) is 5.46. The molecule has 0 spiro atoms. The summed E-state index contributed by atoms with van der Waals surface area (Å²) in [5, 5.41) is 17.2. The van der Waals surface area contributed by atoms with Gasteiger partial charge in [-0.25, -0.2) is 9.78 Å². The van der Waals surface area contributed by atoms with Crippen molar-refractivity contribution in [3.63, 3.8) is 0 Å². The Morgan fingerprint density at radius 3 is 2.94 bits per heavy atom. The van der Waals surface area contributed by atoms with Crippen molar-refractivity contribution in [1.82, 2.24) is 15.6 Å². The lowest BCUT2D eigenvalue weighted by Gasteiger charge is -2.36. The predicted octanol–water partition coefficient (Wildman–Crippen LogP) is 0.900. The lowest BCUT2D eigenvalue weighted by atomic mass is 9.80. The van der Waals surface area contributed by atoms with E-state index in [2.05, 4.69) is 15.6 Å². The summed E-state index contributed by atoms with van der Waals surface area (Å²) in [5.74, 6) is 0. The lowest BCUT2D eigenvalue weighted by molar-refractivity contribution is -0.0290. The number of nitrogens with one attached hydrogen (secondary N) is 2. The largest absolute Gasteiger partial charge is 0.388 e. The van der Waals surface area contributed by atoms with Crippen molar-refractivity contribution in [2.45, 2.75) is 31.3 Å². The molecule has 0 bridgehead atoms. The Kier molecular flexibility index (Phi) is 3.96. The monoisotopic (exact) mass is 255 g/mol. The van der Waals surface area contributed by atoms with Crippen LogP contribution >= 0.6 is 11.3 Å². The quantitative estimate of drug-likeness (QED) is 0.732. The Balaban J connectivity index is 1.58. The Bertz CT molecular complexity index is 363. The van der Waals surface area contributed by atoms with Crippen LogP contribution in [0.25, 0.3) is 0 Å².